The smallest absolute Gasteiger partial charge is 0.242 e. The number of rotatable bonds is 16. The number of aliphatic hydroxyl groups is 1. The fourth-order valence-corrected chi connectivity index (χ4v) is 2.50. The van der Waals surface area contributed by atoms with E-state index in [1.54, 1.807) is 0 Å². The lowest BCUT2D eigenvalue weighted by molar-refractivity contribution is -0.132. The van der Waals surface area contributed by atoms with E-state index in [2.05, 4.69) is 20.9 Å². The number of aliphatic imine (C=N–C) groups is 1. The maximum absolute atomic E-state index is 12.5. The molecule has 3 atom stereocenters. The quantitative estimate of drug-likeness (QED) is 0.0712. The van der Waals surface area contributed by atoms with E-state index in [9.17, 15) is 14.4 Å². The van der Waals surface area contributed by atoms with E-state index in [0.29, 0.717) is 32.5 Å². The molecule has 12 N–H and O–H groups in total. The van der Waals surface area contributed by atoms with Gasteiger partial charge in [-0.05, 0) is 39.2 Å². The molecule has 0 aromatic carbocycles. The number of carbonyl (C=O) groups excluding carboxylic acids is 3. The highest BCUT2D eigenvalue weighted by Crippen LogP contribution is 2.02. The second-order valence-electron chi connectivity index (χ2n) is 7.02. The fourth-order valence-electron chi connectivity index (χ4n) is 2.50. The summed E-state index contributed by atoms with van der Waals surface area (Å²) in [7, 11) is 0. The number of aliphatic hydroxyl groups excluding tert-OH is 1. The van der Waals surface area contributed by atoms with E-state index in [0.717, 1.165) is 25.7 Å². The van der Waals surface area contributed by atoms with Gasteiger partial charge < -0.3 is 44.0 Å². The van der Waals surface area contributed by atoms with Crippen molar-refractivity contribution in [3.8, 4) is 0 Å². The van der Waals surface area contributed by atoms with Crippen LogP contribution in [0, 0.1) is 0 Å². The summed E-state index contributed by atoms with van der Waals surface area (Å²) in [6.45, 7) is 2.37. The number of carbonyl (C=O) groups is 3. The zero-order valence-corrected chi connectivity index (χ0v) is 17.7. The Morgan fingerprint density at radius 1 is 0.967 bits per heavy atom. The Hall–Kier alpha value is -2.44. The summed E-state index contributed by atoms with van der Waals surface area (Å²) >= 11 is 0. The van der Waals surface area contributed by atoms with Crippen LogP contribution in [-0.2, 0) is 14.4 Å². The normalized spacial score (nSPS) is 13.6. The fraction of sp³-hybridized carbons (Fsp3) is 0.778. The molecule has 0 saturated carbocycles. The Morgan fingerprint density at radius 3 is 2.23 bits per heavy atom. The van der Waals surface area contributed by atoms with Crippen molar-refractivity contribution in [2.24, 2.45) is 27.9 Å². The molecule has 0 rings (SSSR count). The van der Waals surface area contributed by atoms with Gasteiger partial charge in [0.2, 0.25) is 17.7 Å². The Kier molecular flexibility index (Phi) is 15.0. The minimum absolute atomic E-state index is 0.0472. The number of unbranched alkanes of at least 4 members (excludes halogenated alkanes) is 3. The van der Waals surface area contributed by atoms with E-state index in [1.165, 1.54) is 6.92 Å². The van der Waals surface area contributed by atoms with Gasteiger partial charge in [0.25, 0.3) is 0 Å². The summed E-state index contributed by atoms with van der Waals surface area (Å²) in [5.74, 6) is -1.57. The van der Waals surface area contributed by atoms with Gasteiger partial charge in [-0.2, -0.15) is 0 Å². The molecule has 12 nitrogen and oxygen atoms in total. The van der Waals surface area contributed by atoms with Crippen LogP contribution in [-0.4, -0.2) is 73.2 Å². The molecule has 12 heteroatoms. The Bertz CT molecular complexity index is 554. The highest BCUT2D eigenvalue weighted by atomic mass is 16.3. The summed E-state index contributed by atoms with van der Waals surface area (Å²) in [5, 5.41) is 16.7. The molecule has 0 aliphatic rings. The van der Waals surface area contributed by atoms with Gasteiger partial charge in [0.15, 0.2) is 5.96 Å². The summed E-state index contributed by atoms with van der Waals surface area (Å²) in [6.07, 6.45) is 4.50. The monoisotopic (exact) mass is 430 g/mol. The van der Waals surface area contributed by atoms with Crippen molar-refractivity contribution in [3.63, 3.8) is 0 Å². The molecule has 0 aliphatic heterocycles. The molecule has 30 heavy (non-hydrogen) atoms. The first-order valence-corrected chi connectivity index (χ1v) is 10.2. The molecule has 0 saturated heterocycles. The van der Waals surface area contributed by atoms with E-state index in [-0.39, 0.29) is 11.9 Å². The Balaban J connectivity index is 4.73. The van der Waals surface area contributed by atoms with E-state index < -0.39 is 36.5 Å². The summed E-state index contributed by atoms with van der Waals surface area (Å²) in [4.78, 5) is 40.5. The number of nitrogens with zero attached hydrogens (tertiary/aromatic N) is 1. The molecule has 0 spiro atoms. The largest absolute Gasteiger partial charge is 0.394 e. The predicted molar refractivity (Wildman–Crippen MR) is 115 cm³/mol. The maximum atomic E-state index is 12.5. The minimum atomic E-state index is -1.13. The lowest BCUT2D eigenvalue weighted by Gasteiger charge is -2.22. The van der Waals surface area contributed by atoms with Gasteiger partial charge in [0, 0.05) is 13.1 Å². The van der Waals surface area contributed by atoms with E-state index in [1.807, 2.05) is 0 Å². The summed E-state index contributed by atoms with van der Waals surface area (Å²) in [6, 6.07) is -2.86. The molecule has 3 amide bonds. The molecule has 0 heterocycles. The van der Waals surface area contributed by atoms with Crippen molar-refractivity contribution in [1.82, 2.24) is 16.0 Å². The van der Waals surface area contributed by atoms with Gasteiger partial charge in [-0.25, -0.2) is 0 Å². The first-order chi connectivity index (χ1) is 14.2. The summed E-state index contributed by atoms with van der Waals surface area (Å²) < 4.78 is 0. The van der Waals surface area contributed by atoms with Crippen LogP contribution in [0.4, 0.5) is 0 Å². The lowest BCUT2D eigenvalue weighted by Crippen LogP contribution is -2.55. The molecule has 174 valence electrons. The van der Waals surface area contributed by atoms with Gasteiger partial charge >= 0.3 is 0 Å². The van der Waals surface area contributed by atoms with Gasteiger partial charge in [0.05, 0.1) is 6.61 Å². The van der Waals surface area contributed by atoms with Crippen LogP contribution in [0.2, 0.25) is 0 Å². The second kappa shape index (κ2) is 16.4. The van der Waals surface area contributed by atoms with Crippen molar-refractivity contribution in [1.29, 1.82) is 0 Å². The molecule has 0 aromatic rings. The van der Waals surface area contributed by atoms with Crippen molar-refractivity contribution >= 4 is 23.7 Å². The number of amides is 3. The van der Waals surface area contributed by atoms with Gasteiger partial charge in [-0.1, -0.05) is 12.8 Å². The van der Waals surface area contributed by atoms with E-state index >= 15 is 0 Å². The minimum Gasteiger partial charge on any atom is -0.394 e. The van der Waals surface area contributed by atoms with Crippen LogP contribution in [0.15, 0.2) is 4.99 Å². The van der Waals surface area contributed by atoms with Crippen molar-refractivity contribution in [3.05, 3.63) is 0 Å². The van der Waals surface area contributed by atoms with Crippen LogP contribution in [0.5, 0.6) is 0 Å². The number of nitrogens with one attached hydrogen (secondary N) is 3. The highest BCUT2D eigenvalue weighted by molar-refractivity contribution is 5.92. The molecule has 0 bridgehead atoms. The van der Waals surface area contributed by atoms with Gasteiger partial charge in [0.1, 0.15) is 18.1 Å². The molecular formula is C18H38N8O4. The molecular weight excluding hydrogens is 392 g/mol. The Labute approximate surface area is 177 Å². The van der Waals surface area contributed by atoms with Crippen LogP contribution >= 0.6 is 0 Å². The maximum Gasteiger partial charge on any atom is 0.242 e. The zero-order chi connectivity index (χ0) is 22.9. The SMILES string of the molecule is C[C@H](NC(=O)[C@@H](N)CO)C(=O)N[C@@H](CCCN=C(N)N)C(=O)NCCCCCCN. The first kappa shape index (κ1) is 27.6. The number of guanidine groups is 1. The third-order valence-corrected chi connectivity index (χ3v) is 4.29. The first-order valence-electron chi connectivity index (χ1n) is 10.2. The van der Waals surface area contributed by atoms with Crippen LogP contribution < -0.4 is 38.9 Å². The topological polar surface area (TPSA) is 224 Å². The average molecular weight is 431 g/mol. The molecule has 0 unspecified atom stereocenters. The molecule has 0 radical (unpaired) electrons. The van der Waals surface area contributed by atoms with Crippen LogP contribution in [0.1, 0.15) is 45.4 Å². The molecule has 0 aliphatic carbocycles. The van der Waals surface area contributed by atoms with Gasteiger partial charge in [-0.15, -0.1) is 0 Å². The number of nitrogens with two attached hydrogens (primary N) is 4. The molecule has 0 aromatic heterocycles. The zero-order valence-electron chi connectivity index (χ0n) is 17.7. The number of hydrogen-bond acceptors (Lipinski definition) is 7. The van der Waals surface area contributed by atoms with Crippen molar-refractivity contribution < 1.29 is 19.5 Å². The third-order valence-electron chi connectivity index (χ3n) is 4.29. The standard InChI is InChI=1S/C18H38N8O4/c1-12(25-16(29)13(20)11-27)15(28)26-14(7-6-10-24-18(21)22)17(30)23-9-5-3-2-4-8-19/h12-14,27H,2-11,19-20H2,1H3,(H,23,30)(H,25,29)(H,26,28)(H4,21,22,24)/t12-,13-,14-/m0/s1. The van der Waals surface area contributed by atoms with Crippen LogP contribution in [0.3, 0.4) is 0 Å². The molecule has 0 fully saturated rings. The van der Waals surface area contributed by atoms with Crippen LogP contribution in [0.25, 0.3) is 0 Å². The lowest BCUT2D eigenvalue weighted by atomic mass is 10.1. The van der Waals surface area contributed by atoms with Crippen molar-refractivity contribution in [2.75, 3.05) is 26.2 Å². The third kappa shape index (κ3) is 12.9. The second-order valence-corrected chi connectivity index (χ2v) is 7.02. The number of hydrogen-bond donors (Lipinski definition) is 8. The Morgan fingerprint density at radius 2 is 1.63 bits per heavy atom. The highest BCUT2D eigenvalue weighted by Gasteiger charge is 2.25. The summed E-state index contributed by atoms with van der Waals surface area (Å²) in [5.41, 5.74) is 21.5. The predicted octanol–water partition coefficient (Wildman–Crippen LogP) is -3.02. The van der Waals surface area contributed by atoms with Gasteiger partial charge in [-0.3, -0.25) is 19.4 Å². The van der Waals surface area contributed by atoms with Crippen molar-refractivity contribution in [2.45, 2.75) is 63.6 Å². The average Bonchev–Trinajstić information content (AvgIpc) is 2.71. The van der Waals surface area contributed by atoms with E-state index in [4.69, 9.17) is 28.0 Å².